The minimum absolute atomic E-state index is 0.108. The summed E-state index contributed by atoms with van der Waals surface area (Å²) < 4.78 is 0. The molecule has 5 nitrogen and oxygen atoms in total. The first kappa shape index (κ1) is 14.0. The number of hydrogen-bond donors (Lipinski definition) is 0. The van der Waals surface area contributed by atoms with Crippen molar-refractivity contribution in [3.05, 3.63) is 33.9 Å². The van der Waals surface area contributed by atoms with Gasteiger partial charge < -0.3 is 4.90 Å². The van der Waals surface area contributed by atoms with Crippen LogP contribution in [0, 0.1) is 21.4 Å². The van der Waals surface area contributed by atoms with Gasteiger partial charge in [0.2, 0.25) is 0 Å². The highest BCUT2D eigenvalue weighted by molar-refractivity contribution is 5.60. The Morgan fingerprint density at radius 1 is 1.33 bits per heavy atom. The van der Waals surface area contributed by atoms with Crippen LogP contribution in [0.2, 0.25) is 0 Å². The van der Waals surface area contributed by atoms with Gasteiger partial charge in [-0.3, -0.25) is 10.1 Å². The molecule has 0 atom stereocenters. The van der Waals surface area contributed by atoms with Gasteiger partial charge in [-0.15, -0.1) is 0 Å². The number of rotatable bonds is 6. The Labute approximate surface area is 107 Å². The standard InChI is InChI=1S/C13H17N3O2/c1-3-7-15(8-4-2)12-6-5-11(10-14)13(9-12)16(17)18/h5-6,9H,3-4,7-8H2,1-2H3. The summed E-state index contributed by atoms with van der Waals surface area (Å²) in [6.07, 6.45) is 1.96. The van der Waals surface area contributed by atoms with Gasteiger partial charge in [-0.25, -0.2) is 0 Å². The molecule has 1 rings (SSSR count). The normalized spacial score (nSPS) is 9.83. The van der Waals surface area contributed by atoms with Crippen LogP contribution in [0.3, 0.4) is 0 Å². The minimum atomic E-state index is -0.502. The van der Waals surface area contributed by atoms with Crippen LogP contribution in [-0.4, -0.2) is 18.0 Å². The van der Waals surface area contributed by atoms with Gasteiger partial charge >= 0.3 is 0 Å². The van der Waals surface area contributed by atoms with Crippen molar-refractivity contribution < 1.29 is 4.92 Å². The molecule has 18 heavy (non-hydrogen) atoms. The number of hydrogen-bond acceptors (Lipinski definition) is 4. The van der Waals surface area contributed by atoms with E-state index in [1.807, 2.05) is 6.07 Å². The molecule has 0 unspecified atom stereocenters. The van der Waals surface area contributed by atoms with Gasteiger partial charge in [-0.2, -0.15) is 5.26 Å². The molecule has 0 fully saturated rings. The highest BCUT2D eigenvalue weighted by Crippen LogP contribution is 2.25. The van der Waals surface area contributed by atoms with Crippen molar-refractivity contribution in [2.45, 2.75) is 26.7 Å². The molecule has 96 valence electrons. The Morgan fingerprint density at radius 3 is 2.39 bits per heavy atom. The predicted molar refractivity (Wildman–Crippen MR) is 70.6 cm³/mol. The van der Waals surface area contributed by atoms with Crippen LogP contribution in [0.15, 0.2) is 18.2 Å². The first-order valence-corrected chi connectivity index (χ1v) is 6.07. The molecule has 0 bridgehead atoms. The minimum Gasteiger partial charge on any atom is -0.371 e. The lowest BCUT2D eigenvalue weighted by Gasteiger charge is -2.23. The summed E-state index contributed by atoms with van der Waals surface area (Å²) in [6.45, 7) is 5.86. The number of nitriles is 1. The van der Waals surface area contributed by atoms with E-state index in [0.29, 0.717) is 0 Å². The molecule has 0 N–H and O–H groups in total. The Kier molecular flexibility index (Phi) is 5.12. The van der Waals surface area contributed by atoms with E-state index in [-0.39, 0.29) is 11.3 Å². The molecule has 1 aromatic carbocycles. The lowest BCUT2D eigenvalue weighted by atomic mass is 10.1. The molecule has 0 radical (unpaired) electrons. The zero-order valence-electron chi connectivity index (χ0n) is 10.7. The maximum absolute atomic E-state index is 10.9. The van der Waals surface area contributed by atoms with Crippen molar-refractivity contribution in [2.75, 3.05) is 18.0 Å². The zero-order chi connectivity index (χ0) is 13.5. The van der Waals surface area contributed by atoms with Crippen LogP contribution in [0.5, 0.6) is 0 Å². The van der Waals surface area contributed by atoms with Gasteiger partial charge in [0, 0.05) is 24.8 Å². The van der Waals surface area contributed by atoms with Crippen LogP contribution < -0.4 is 4.90 Å². The van der Waals surface area contributed by atoms with E-state index in [0.717, 1.165) is 31.6 Å². The molecule has 0 aliphatic rings. The number of nitro benzene ring substituents is 1. The predicted octanol–water partition coefficient (Wildman–Crippen LogP) is 3.09. The van der Waals surface area contributed by atoms with E-state index in [9.17, 15) is 10.1 Å². The smallest absolute Gasteiger partial charge is 0.289 e. The lowest BCUT2D eigenvalue weighted by molar-refractivity contribution is -0.385. The van der Waals surface area contributed by atoms with E-state index in [1.165, 1.54) is 12.1 Å². The summed E-state index contributed by atoms with van der Waals surface area (Å²) in [5.41, 5.74) is 0.799. The quantitative estimate of drug-likeness (QED) is 0.572. The second-order valence-electron chi connectivity index (χ2n) is 4.06. The van der Waals surface area contributed by atoms with Crippen LogP contribution in [0.4, 0.5) is 11.4 Å². The molecule has 5 heteroatoms. The third-order valence-corrected chi connectivity index (χ3v) is 2.65. The zero-order valence-corrected chi connectivity index (χ0v) is 10.7. The Bertz CT molecular complexity index is 460. The van der Waals surface area contributed by atoms with E-state index >= 15 is 0 Å². The summed E-state index contributed by atoms with van der Waals surface area (Å²) in [7, 11) is 0. The molecule has 0 heterocycles. The average molecular weight is 247 g/mol. The van der Waals surface area contributed by atoms with Gasteiger partial charge in [0.1, 0.15) is 11.6 Å². The maximum Gasteiger partial charge on any atom is 0.289 e. The van der Waals surface area contributed by atoms with Crippen molar-refractivity contribution in [1.82, 2.24) is 0 Å². The second kappa shape index (κ2) is 6.60. The fraction of sp³-hybridized carbons (Fsp3) is 0.462. The number of nitro groups is 1. The van der Waals surface area contributed by atoms with E-state index in [4.69, 9.17) is 5.26 Å². The van der Waals surface area contributed by atoms with Crippen molar-refractivity contribution in [3.63, 3.8) is 0 Å². The van der Waals surface area contributed by atoms with E-state index in [1.54, 1.807) is 6.07 Å². The first-order chi connectivity index (χ1) is 8.63. The maximum atomic E-state index is 10.9. The van der Waals surface area contributed by atoms with Crippen molar-refractivity contribution in [1.29, 1.82) is 5.26 Å². The van der Waals surface area contributed by atoms with Gasteiger partial charge in [-0.1, -0.05) is 13.8 Å². The van der Waals surface area contributed by atoms with E-state index < -0.39 is 4.92 Å². The second-order valence-corrected chi connectivity index (χ2v) is 4.06. The average Bonchev–Trinajstić information content (AvgIpc) is 2.37. The summed E-state index contributed by atoms with van der Waals surface area (Å²) >= 11 is 0. The summed E-state index contributed by atoms with van der Waals surface area (Å²) in [4.78, 5) is 12.5. The van der Waals surface area contributed by atoms with Crippen LogP contribution in [0.1, 0.15) is 32.3 Å². The van der Waals surface area contributed by atoms with Crippen LogP contribution >= 0.6 is 0 Å². The molecule has 1 aromatic rings. The third kappa shape index (κ3) is 3.20. The van der Waals surface area contributed by atoms with Crippen molar-refractivity contribution >= 4 is 11.4 Å². The summed E-state index contributed by atoms with van der Waals surface area (Å²) in [6, 6.07) is 6.63. The fourth-order valence-electron chi connectivity index (χ4n) is 1.87. The molecule has 0 saturated heterocycles. The Hall–Kier alpha value is -2.09. The fourth-order valence-corrected chi connectivity index (χ4v) is 1.87. The summed E-state index contributed by atoms with van der Waals surface area (Å²) in [5, 5.41) is 19.7. The largest absolute Gasteiger partial charge is 0.371 e. The van der Waals surface area contributed by atoms with Crippen molar-refractivity contribution in [3.8, 4) is 6.07 Å². The Balaban J connectivity index is 3.13. The van der Waals surface area contributed by atoms with Gasteiger partial charge in [-0.05, 0) is 25.0 Å². The molecule has 0 aromatic heterocycles. The van der Waals surface area contributed by atoms with Crippen LogP contribution in [-0.2, 0) is 0 Å². The molecular formula is C13H17N3O2. The number of anilines is 1. The lowest BCUT2D eigenvalue weighted by Crippen LogP contribution is -2.24. The first-order valence-electron chi connectivity index (χ1n) is 6.07. The monoisotopic (exact) mass is 247 g/mol. The highest BCUT2D eigenvalue weighted by atomic mass is 16.6. The molecule has 0 aliphatic heterocycles. The van der Waals surface area contributed by atoms with Gasteiger partial charge in [0.05, 0.1) is 4.92 Å². The molecule has 0 amide bonds. The SMILES string of the molecule is CCCN(CCC)c1ccc(C#N)c([N+](=O)[O-])c1. The molecule has 0 spiro atoms. The topological polar surface area (TPSA) is 70.2 Å². The molecule has 0 saturated carbocycles. The molecule has 0 aliphatic carbocycles. The van der Waals surface area contributed by atoms with Gasteiger partial charge in [0.25, 0.3) is 5.69 Å². The van der Waals surface area contributed by atoms with Crippen molar-refractivity contribution in [2.24, 2.45) is 0 Å². The molecular weight excluding hydrogens is 230 g/mol. The Morgan fingerprint density at radius 2 is 1.94 bits per heavy atom. The number of nitrogens with zero attached hydrogens (tertiary/aromatic N) is 3. The third-order valence-electron chi connectivity index (χ3n) is 2.65. The van der Waals surface area contributed by atoms with E-state index in [2.05, 4.69) is 18.7 Å². The number of benzene rings is 1. The van der Waals surface area contributed by atoms with Gasteiger partial charge in [0.15, 0.2) is 0 Å². The van der Waals surface area contributed by atoms with Crippen LogP contribution in [0.25, 0.3) is 0 Å². The summed E-state index contributed by atoms with van der Waals surface area (Å²) in [5.74, 6) is 0. The highest BCUT2D eigenvalue weighted by Gasteiger charge is 2.16.